The summed E-state index contributed by atoms with van der Waals surface area (Å²) in [5.74, 6) is 0.188. The molecule has 1 rings (SSSR count). The number of hydrogen-bond acceptors (Lipinski definition) is 4. The van der Waals surface area contributed by atoms with E-state index in [-0.39, 0.29) is 18.2 Å². The van der Waals surface area contributed by atoms with Crippen molar-refractivity contribution < 1.29 is 8.42 Å². The number of thiophene rings is 1. The van der Waals surface area contributed by atoms with Crippen LogP contribution < -0.4 is 5.32 Å². The average molecular weight is 299 g/mol. The van der Waals surface area contributed by atoms with E-state index >= 15 is 0 Å². The number of rotatable bonds is 7. The Labute approximate surface area is 113 Å². The lowest BCUT2D eigenvalue weighted by molar-refractivity contribution is 0.466. The first-order valence-electron chi connectivity index (χ1n) is 5.17. The highest BCUT2D eigenvalue weighted by Gasteiger charge is 2.16. The lowest BCUT2D eigenvalue weighted by Crippen LogP contribution is -2.34. The molecular weight excluding hydrogens is 280 g/mol. The van der Waals surface area contributed by atoms with E-state index in [9.17, 15) is 8.42 Å². The van der Waals surface area contributed by atoms with Gasteiger partial charge in [-0.1, -0.05) is 6.07 Å². The molecule has 0 saturated carbocycles. The smallest absolute Gasteiger partial charge is 0.214 e. The van der Waals surface area contributed by atoms with Gasteiger partial charge in [-0.25, -0.2) is 12.7 Å². The molecule has 7 heteroatoms. The summed E-state index contributed by atoms with van der Waals surface area (Å²) < 4.78 is 25.1. The largest absolute Gasteiger partial charge is 0.318 e. The minimum Gasteiger partial charge on any atom is -0.318 e. The number of hydrogen-bond donors (Lipinski definition) is 1. The van der Waals surface area contributed by atoms with E-state index in [4.69, 9.17) is 0 Å². The molecule has 100 valence electrons. The van der Waals surface area contributed by atoms with Crippen molar-refractivity contribution in [2.45, 2.75) is 6.42 Å². The van der Waals surface area contributed by atoms with Crippen molar-refractivity contribution in [1.29, 1.82) is 0 Å². The van der Waals surface area contributed by atoms with Crippen LogP contribution >= 0.6 is 23.7 Å². The van der Waals surface area contributed by atoms with E-state index in [0.717, 1.165) is 4.88 Å². The van der Waals surface area contributed by atoms with Gasteiger partial charge in [-0.15, -0.1) is 23.7 Å². The lowest BCUT2D eigenvalue weighted by Gasteiger charge is -2.16. The highest BCUT2D eigenvalue weighted by molar-refractivity contribution is 7.89. The maximum atomic E-state index is 11.8. The number of nitrogens with one attached hydrogen (secondary N) is 1. The van der Waals surface area contributed by atoms with Gasteiger partial charge in [0.25, 0.3) is 0 Å². The number of likely N-dealkylation sites (N-methyl/N-ethyl adjacent to an activating group) is 2. The van der Waals surface area contributed by atoms with Crippen LogP contribution in [0.4, 0.5) is 0 Å². The van der Waals surface area contributed by atoms with E-state index in [1.54, 1.807) is 18.4 Å². The van der Waals surface area contributed by atoms with Crippen LogP contribution in [0.25, 0.3) is 0 Å². The van der Waals surface area contributed by atoms with Crippen LogP contribution in [0.2, 0.25) is 0 Å². The summed E-state index contributed by atoms with van der Waals surface area (Å²) in [5, 5.41) is 4.90. The van der Waals surface area contributed by atoms with E-state index in [0.29, 0.717) is 19.5 Å². The van der Waals surface area contributed by atoms with Crippen LogP contribution in [0.5, 0.6) is 0 Å². The Bertz CT molecular complexity index is 392. The lowest BCUT2D eigenvalue weighted by atomic mass is 10.4. The molecule has 1 aromatic rings. The number of nitrogens with zero attached hydrogens (tertiary/aromatic N) is 1. The van der Waals surface area contributed by atoms with Crippen molar-refractivity contribution >= 4 is 33.8 Å². The summed E-state index contributed by atoms with van der Waals surface area (Å²) in [7, 11) is 0.329. The van der Waals surface area contributed by atoms with Crippen molar-refractivity contribution in [3.05, 3.63) is 22.4 Å². The molecule has 0 saturated heterocycles. The second kappa shape index (κ2) is 8.05. The first kappa shape index (κ1) is 16.9. The topological polar surface area (TPSA) is 49.4 Å². The quantitative estimate of drug-likeness (QED) is 0.823. The fourth-order valence-corrected chi connectivity index (χ4v) is 3.25. The zero-order valence-corrected chi connectivity index (χ0v) is 12.5. The number of sulfonamides is 1. The van der Waals surface area contributed by atoms with Crippen molar-refractivity contribution in [1.82, 2.24) is 9.62 Å². The minimum absolute atomic E-state index is 0. The predicted octanol–water partition coefficient (Wildman–Crippen LogP) is 1.19. The van der Waals surface area contributed by atoms with E-state index in [2.05, 4.69) is 5.32 Å². The third-order valence-electron chi connectivity index (χ3n) is 2.34. The summed E-state index contributed by atoms with van der Waals surface area (Å²) in [6.45, 7) is 1.19. The van der Waals surface area contributed by atoms with Crippen LogP contribution in [0.1, 0.15) is 4.88 Å². The van der Waals surface area contributed by atoms with E-state index in [1.165, 1.54) is 4.31 Å². The molecule has 0 aliphatic heterocycles. The van der Waals surface area contributed by atoms with Gasteiger partial charge >= 0.3 is 0 Å². The Morgan fingerprint density at radius 3 is 2.71 bits per heavy atom. The molecule has 0 aliphatic rings. The average Bonchev–Trinajstić information content (AvgIpc) is 2.76. The molecule has 0 aliphatic carbocycles. The number of halogens is 1. The van der Waals surface area contributed by atoms with Gasteiger partial charge in [-0.2, -0.15) is 0 Å². The maximum Gasteiger partial charge on any atom is 0.214 e. The Kier molecular flexibility index (Phi) is 7.98. The van der Waals surface area contributed by atoms with Gasteiger partial charge in [0.2, 0.25) is 10.0 Å². The fraction of sp³-hybridized carbons (Fsp3) is 0.600. The van der Waals surface area contributed by atoms with E-state index in [1.807, 2.05) is 24.6 Å². The Hall–Kier alpha value is -0.140. The first-order valence-corrected chi connectivity index (χ1v) is 7.66. The molecule has 0 amide bonds. The maximum absolute atomic E-state index is 11.8. The molecule has 0 unspecified atom stereocenters. The zero-order chi connectivity index (χ0) is 12.0. The first-order chi connectivity index (χ1) is 7.56. The summed E-state index contributed by atoms with van der Waals surface area (Å²) >= 11 is 1.60. The van der Waals surface area contributed by atoms with E-state index < -0.39 is 10.0 Å². The zero-order valence-electron chi connectivity index (χ0n) is 10.0. The molecule has 0 spiro atoms. The summed E-state index contributed by atoms with van der Waals surface area (Å²) in [6, 6.07) is 3.91. The molecule has 1 N–H and O–H groups in total. The van der Waals surface area contributed by atoms with Gasteiger partial charge in [0.15, 0.2) is 0 Å². The second-order valence-corrected chi connectivity index (χ2v) is 6.80. The second-order valence-electron chi connectivity index (χ2n) is 3.57. The van der Waals surface area contributed by atoms with Crippen LogP contribution in [0.3, 0.4) is 0 Å². The molecule has 0 radical (unpaired) electrons. The predicted molar refractivity (Wildman–Crippen MR) is 75.6 cm³/mol. The molecule has 0 bridgehead atoms. The highest BCUT2D eigenvalue weighted by atomic mass is 35.5. The number of aryl methyl sites for hydroxylation is 1. The molecule has 0 aromatic carbocycles. The van der Waals surface area contributed by atoms with Crippen LogP contribution in [0, 0.1) is 0 Å². The molecule has 17 heavy (non-hydrogen) atoms. The third kappa shape index (κ3) is 5.83. The van der Waals surface area contributed by atoms with Crippen molar-refractivity contribution in [3.63, 3.8) is 0 Å². The van der Waals surface area contributed by atoms with Gasteiger partial charge in [0.05, 0.1) is 5.75 Å². The normalized spacial score (nSPS) is 11.5. The van der Waals surface area contributed by atoms with Crippen LogP contribution in [0.15, 0.2) is 17.5 Å². The molecule has 0 fully saturated rings. The van der Waals surface area contributed by atoms with Gasteiger partial charge in [0.1, 0.15) is 0 Å². The molecule has 1 heterocycles. The van der Waals surface area contributed by atoms with Crippen LogP contribution in [-0.2, 0) is 16.4 Å². The monoisotopic (exact) mass is 298 g/mol. The molecule has 1 aromatic heterocycles. The standard InChI is InChI=1S/C10H18N2O2S2.ClH/c1-11-6-7-12(2)16(13,14)9-5-10-4-3-8-15-10;/h3-4,8,11H,5-7,9H2,1-2H3;1H. The Morgan fingerprint density at radius 2 is 2.18 bits per heavy atom. The van der Waals surface area contributed by atoms with Crippen molar-refractivity contribution in [3.8, 4) is 0 Å². The third-order valence-corrected chi connectivity index (χ3v) is 5.13. The Morgan fingerprint density at radius 1 is 1.47 bits per heavy atom. The van der Waals surface area contributed by atoms with Crippen molar-refractivity contribution in [2.75, 3.05) is 32.9 Å². The van der Waals surface area contributed by atoms with Gasteiger partial charge in [-0.05, 0) is 24.9 Å². The Balaban J connectivity index is 0.00000256. The summed E-state index contributed by atoms with van der Waals surface area (Å²) in [6.07, 6.45) is 0.601. The van der Waals surface area contributed by atoms with Crippen LogP contribution in [-0.4, -0.2) is 45.7 Å². The van der Waals surface area contributed by atoms with Crippen molar-refractivity contribution in [2.24, 2.45) is 0 Å². The minimum atomic E-state index is -3.11. The highest BCUT2D eigenvalue weighted by Crippen LogP contribution is 2.11. The molecule has 0 atom stereocenters. The van der Waals surface area contributed by atoms with Gasteiger partial charge in [-0.3, -0.25) is 0 Å². The van der Waals surface area contributed by atoms with Gasteiger partial charge in [0, 0.05) is 25.0 Å². The summed E-state index contributed by atoms with van der Waals surface area (Å²) in [5.41, 5.74) is 0. The molecular formula is C10H19ClN2O2S2. The fourth-order valence-electron chi connectivity index (χ4n) is 1.25. The van der Waals surface area contributed by atoms with Gasteiger partial charge < -0.3 is 5.32 Å². The SMILES string of the molecule is CNCCN(C)S(=O)(=O)CCc1cccs1.Cl. The molecule has 4 nitrogen and oxygen atoms in total. The summed E-state index contributed by atoms with van der Waals surface area (Å²) in [4.78, 5) is 1.12.